The zero-order valence-corrected chi connectivity index (χ0v) is 11.4. The molecule has 1 N–H and O–H groups in total. The minimum atomic E-state index is -0.911. The van der Waals surface area contributed by atoms with Gasteiger partial charge >= 0.3 is 0 Å². The highest BCUT2D eigenvalue weighted by molar-refractivity contribution is 6.31. The number of aliphatic hydroxyl groups excluding tert-OH is 1. The molecular weight excluding hydrogens is 255 g/mol. The van der Waals surface area contributed by atoms with Crippen LogP contribution in [0.5, 0.6) is 0 Å². The summed E-state index contributed by atoms with van der Waals surface area (Å²) in [5.74, 6) is -0.448. The first-order valence-corrected chi connectivity index (χ1v) is 6.39. The van der Waals surface area contributed by atoms with Gasteiger partial charge in [-0.1, -0.05) is 17.7 Å². The third-order valence-corrected chi connectivity index (χ3v) is 3.89. The highest BCUT2D eigenvalue weighted by Gasteiger charge is 2.32. The van der Waals surface area contributed by atoms with Gasteiger partial charge in [0.25, 0.3) is 0 Å². The molecule has 0 saturated carbocycles. The van der Waals surface area contributed by atoms with E-state index in [1.807, 2.05) is 19.0 Å². The normalized spacial score (nSPS) is 24.2. The van der Waals surface area contributed by atoms with Gasteiger partial charge in [0, 0.05) is 30.2 Å². The molecule has 1 aromatic rings. The lowest BCUT2D eigenvalue weighted by Crippen LogP contribution is -2.52. The molecule has 18 heavy (non-hydrogen) atoms. The molecule has 1 saturated heterocycles. The van der Waals surface area contributed by atoms with Crippen LogP contribution in [0.3, 0.4) is 0 Å². The third-order valence-electron chi connectivity index (χ3n) is 3.56. The number of hydrogen-bond acceptors (Lipinski definition) is 3. The Morgan fingerprint density at radius 3 is 2.78 bits per heavy atom. The molecule has 1 aliphatic heterocycles. The molecule has 0 radical (unpaired) electrons. The summed E-state index contributed by atoms with van der Waals surface area (Å²) in [5, 5.41) is 10.7. The molecule has 2 atom stereocenters. The minimum absolute atomic E-state index is 0.141. The molecule has 3 nitrogen and oxygen atoms in total. The van der Waals surface area contributed by atoms with Crippen LogP contribution in [0.15, 0.2) is 18.2 Å². The number of hydrogen-bond donors (Lipinski definition) is 1. The molecule has 1 fully saturated rings. The van der Waals surface area contributed by atoms with Gasteiger partial charge in [0.1, 0.15) is 5.82 Å². The average molecular weight is 273 g/mol. The summed E-state index contributed by atoms with van der Waals surface area (Å²) in [7, 11) is 3.94. The zero-order chi connectivity index (χ0) is 13.3. The molecule has 1 aromatic carbocycles. The number of aliphatic hydroxyl groups is 1. The Balaban J connectivity index is 2.27. The Morgan fingerprint density at radius 2 is 2.11 bits per heavy atom. The molecule has 0 aromatic heterocycles. The Kier molecular flexibility index (Phi) is 4.22. The Labute approximate surface area is 112 Å². The number of rotatable bonds is 2. The topological polar surface area (TPSA) is 26.7 Å². The van der Waals surface area contributed by atoms with Gasteiger partial charge in [0.2, 0.25) is 0 Å². The van der Waals surface area contributed by atoms with E-state index >= 15 is 0 Å². The maximum atomic E-state index is 13.8. The second kappa shape index (κ2) is 5.53. The largest absolute Gasteiger partial charge is 0.387 e. The SMILES string of the molecule is CN1CCN(C)C(C(O)c2c(F)cccc2Cl)C1. The zero-order valence-electron chi connectivity index (χ0n) is 10.6. The summed E-state index contributed by atoms with van der Waals surface area (Å²) in [5.41, 5.74) is 0.200. The Morgan fingerprint density at radius 1 is 1.39 bits per heavy atom. The molecule has 0 spiro atoms. The first-order chi connectivity index (χ1) is 8.50. The molecule has 0 bridgehead atoms. The highest BCUT2D eigenvalue weighted by atomic mass is 35.5. The van der Waals surface area contributed by atoms with E-state index in [9.17, 15) is 9.50 Å². The van der Waals surface area contributed by atoms with Gasteiger partial charge < -0.3 is 10.0 Å². The van der Waals surface area contributed by atoms with Gasteiger partial charge in [-0.3, -0.25) is 4.90 Å². The van der Waals surface area contributed by atoms with Crippen molar-refractivity contribution in [1.82, 2.24) is 9.80 Å². The predicted octanol–water partition coefficient (Wildman–Crippen LogP) is 1.76. The Hall–Kier alpha value is -0.680. The number of benzene rings is 1. The van der Waals surface area contributed by atoms with Crippen LogP contribution >= 0.6 is 11.6 Å². The van der Waals surface area contributed by atoms with Crippen molar-refractivity contribution in [2.75, 3.05) is 33.7 Å². The number of halogens is 2. The lowest BCUT2D eigenvalue weighted by atomic mass is 9.98. The molecule has 1 heterocycles. The minimum Gasteiger partial charge on any atom is -0.387 e. The molecular formula is C13H18ClFN2O. The fraction of sp³-hybridized carbons (Fsp3) is 0.538. The van der Waals surface area contributed by atoms with Gasteiger partial charge in [-0.2, -0.15) is 0 Å². The van der Waals surface area contributed by atoms with E-state index in [2.05, 4.69) is 4.90 Å². The molecule has 2 unspecified atom stereocenters. The molecule has 100 valence electrons. The average Bonchev–Trinajstić information content (AvgIpc) is 2.32. The van der Waals surface area contributed by atoms with Crippen LogP contribution in [-0.2, 0) is 0 Å². The summed E-state index contributed by atoms with van der Waals surface area (Å²) in [6, 6.07) is 4.34. The monoisotopic (exact) mass is 272 g/mol. The van der Waals surface area contributed by atoms with Crippen molar-refractivity contribution in [3.8, 4) is 0 Å². The van der Waals surface area contributed by atoms with Gasteiger partial charge in [0.05, 0.1) is 12.1 Å². The van der Waals surface area contributed by atoms with Crippen molar-refractivity contribution < 1.29 is 9.50 Å². The molecule has 0 aliphatic carbocycles. The maximum absolute atomic E-state index is 13.8. The second-order valence-electron chi connectivity index (χ2n) is 4.89. The fourth-order valence-electron chi connectivity index (χ4n) is 2.37. The number of likely N-dealkylation sites (N-methyl/N-ethyl adjacent to an activating group) is 2. The first kappa shape index (κ1) is 13.7. The maximum Gasteiger partial charge on any atom is 0.130 e. The molecule has 5 heteroatoms. The lowest BCUT2D eigenvalue weighted by Gasteiger charge is -2.40. The summed E-state index contributed by atoms with van der Waals surface area (Å²) in [6.07, 6.45) is -0.911. The van der Waals surface area contributed by atoms with Crippen LogP contribution in [-0.4, -0.2) is 54.7 Å². The number of piperazine rings is 1. The highest BCUT2D eigenvalue weighted by Crippen LogP contribution is 2.30. The van der Waals surface area contributed by atoms with Crippen molar-refractivity contribution in [3.63, 3.8) is 0 Å². The van der Waals surface area contributed by atoms with Crippen LogP contribution in [0.2, 0.25) is 5.02 Å². The van der Waals surface area contributed by atoms with Crippen LogP contribution in [0.1, 0.15) is 11.7 Å². The molecule has 2 rings (SSSR count). The van der Waals surface area contributed by atoms with Crippen LogP contribution in [0, 0.1) is 5.82 Å². The van der Waals surface area contributed by atoms with E-state index in [1.165, 1.54) is 6.07 Å². The smallest absolute Gasteiger partial charge is 0.130 e. The van der Waals surface area contributed by atoms with E-state index in [1.54, 1.807) is 12.1 Å². The van der Waals surface area contributed by atoms with Gasteiger partial charge in [-0.15, -0.1) is 0 Å². The third kappa shape index (κ3) is 2.67. The Bertz CT molecular complexity index is 409. The molecule has 0 amide bonds. The quantitative estimate of drug-likeness (QED) is 0.889. The van der Waals surface area contributed by atoms with E-state index in [0.717, 1.165) is 13.1 Å². The van der Waals surface area contributed by atoms with E-state index in [4.69, 9.17) is 11.6 Å². The van der Waals surface area contributed by atoms with Gasteiger partial charge in [-0.05, 0) is 26.2 Å². The fourth-order valence-corrected chi connectivity index (χ4v) is 2.65. The first-order valence-electron chi connectivity index (χ1n) is 6.01. The summed E-state index contributed by atoms with van der Waals surface area (Å²) in [4.78, 5) is 4.18. The van der Waals surface area contributed by atoms with Crippen molar-refractivity contribution in [3.05, 3.63) is 34.6 Å². The van der Waals surface area contributed by atoms with Crippen molar-refractivity contribution in [1.29, 1.82) is 0 Å². The van der Waals surface area contributed by atoms with Crippen LogP contribution < -0.4 is 0 Å². The summed E-state index contributed by atoms with van der Waals surface area (Å²) < 4.78 is 13.8. The molecule has 1 aliphatic rings. The van der Waals surface area contributed by atoms with Crippen molar-refractivity contribution >= 4 is 11.6 Å². The standard InChI is InChI=1S/C13H18ClFN2O/c1-16-6-7-17(2)11(8-16)13(18)12-9(14)4-3-5-10(12)15/h3-5,11,13,18H,6-8H2,1-2H3. The van der Waals surface area contributed by atoms with Crippen molar-refractivity contribution in [2.24, 2.45) is 0 Å². The summed E-state index contributed by atoms with van der Waals surface area (Å²) in [6.45, 7) is 2.50. The van der Waals surface area contributed by atoms with Crippen LogP contribution in [0.4, 0.5) is 4.39 Å². The van der Waals surface area contributed by atoms with Crippen LogP contribution in [0.25, 0.3) is 0 Å². The second-order valence-corrected chi connectivity index (χ2v) is 5.30. The van der Waals surface area contributed by atoms with Crippen molar-refractivity contribution in [2.45, 2.75) is 12.1 Å². The van der Waals surface area contributed by atoms with Gasteiger partial charge in [-0.25, -0.2) is 4.39 Å². The van der Waals surface area contributed by atoms with E-state index < -0.39 is 11.9 Å². The van der Waals surface area contributed by atoms with E-state index in [-0.39, 0.29) is 16.6 Å². The summed E-state index contributed by atoms with van der Waals surface area (Å²) >= 11 is 6.00. The van der Waals surface area contributed by atoms with E-state index in [0.29, 0.717) is 6.54 Å². The number of nitrogens with zero attached hydrogens (tertiary/aromatic N) is 2. The predicted molar refractivity (Wildman–Crippen MR) is 70.3 cm³/mol. The lowest BCUT2D eigenvalue weighted by molar-refractivity contribution is 0.0122. The van der Waals surface area contributed by atoms with Gasteiger partial charge in [0.15, 0.2) is 0 Å².